The molecule has 0 spiro atoms. The molecule has 0 amide bonds. The first-order valence-corrected chi connectivity index (χ1v) is 9.59. The van der Waals surface area contributed by atoms with E-state index in [1.165, 1.54) is 24.2 Å². The van der Waals surface area contributed by atoms with Gasteiger partial charge in [0.15, 0.2) is 0 Å². The van der Waals surface area contributed by atoms with E-state index in [0.717, 1.165) is 17.8 Å². The van der Waals surface area contributed by atoms with Crippen molar-refractivity contribution < 1.29 is 8.42 Å². The molecule has 1 N–H and O–H groups in total. The van der Waals surface area contributed by atoms with Crippen molar-refractivity contribution in [3.63, 3.8) is 0 Å². The van der Waals surface area contributed by atoms with E-state index in [1.807, 2.05) is 26.8 Å². The zero-order valence-corrected chi connectivity index (χ0v) is 14.1. The Morgan fingerprint density at radius 2 is 2.15 bits per heavy atom. The van der Waals surface area contributed by atoms with Crippen molar-refractivity contribution in [2.75, 3.05) is 6.54 Å². The number of hydrogen-bond acceptors (Lipinski definition) is 4. The van der Waals surface area contributed by atoms with Gasteiger partial charge in [0.25, 0.3) is 0 Å². The van der Waals surface area contributed by atoms with Crippen LogP contribution in [0, 0.1) is 0 Å². The lowest BCUT2D eigenvalue weighted by molar-refractivity contribution is 0.354. The lowest BCUT2D eigenvalue weighted by Crippen LogP contribution is -2.37. The van der Waals surface area contributed by atoms with Crippen LogP contribution >= 0.6 is 11.3 Å². The lowest BCUT2D eigenvalue weighted by Gasteiger charge is -2.24. The van der Waals surface area contributed by atoms with Crippen LogP contribution in [0.1, 0.15) is 44.9 Å². The summed E-state index contributed by atoms with van der Waals surface area (Å²) in [5, 5.41) is 5.18. The molecule has 1 heterocycles. The summed E-state index contributed by atoms with van der Waals surface area (Å²) in [5.41, 5.74) is 0. The fourth-order valence-corrected chi connectivity index (χ4v) is 5.08. The van der Waals surface area contributed by atoms with Gasteiger partial charge in [-0.15, -0.1) is 11.3 Å². The van der Waals surface area contributed by atoms with Crippen molar-refractivity contribution in [2.45, 2.75) is 63.6 Å². The highest BCUT2D eigenvalue weighted by atomic mass is 32.2. The number of rotatable bonds is 8. The molecule has 20 heavy (non-hydrogen) atoms. The number of nitrogens with zero attached hydrogens (tertiary/aromatic N) is 1. The molecule has 0 radical (unpaired) electrons. The Labute approximate surface area is 126 Å². The summed E-state index contributed by atoms with van der Waals surface area (Å²) in [5.74, 6) is 0. The SMILES string of the molecule is CCCN(C(C)C)S(=O)(=O)c1csc(CNC2CC2)c1. The van der Waals surface area contributed by atoms with E-state index in [1.54, 1.807) is 9.69 Å². The van der Waals surface area contributed by atoms with Gasteiger partial charge in [0.1, 0.15) is 0 Å². The molecule has 0 atom stereocenters. The minimum Gasteiger partial charge on any atom is -0.309 e. The van der Waals surface area contributed by atoms with Crippen LogP contribution in [0.3, 0.4) is 0 Å². The highest BCUT2D eigenvalue weighted by molar-refractivity contribution is 7.89. The Morgan fingerprint density at radius 1 is 1.45 bits per heavy atom. The van der Waals surface area contributed by atoms with Gasteiger partial charge in [-0.05, 0) is 39.2 Å². The van der Waals surface area contributed by atoms with Crippen molar-refractivity contribution in [1.29, 1.82) is 0 Å². The molecule has 0 bridgehead atoms. The molecule has 114 valence electrons. The molecule has 1 fully saturated rings. The summed E-state index contributed by atoms with van der Waals surface area (Å²) in [7, 11) is -3.35. The fraction of sp³-hybridized carbons (Fsp3) is 0.714. The lowest BCUT2D eigenvalue weighted by atomic mass is 10.4. The Hall–Kier alpha value is -0.430. The Bertz CT molecular complexity index is 533. The average molecular weight is 316 g/mol. The van der Waals surface area contributed by atoms with E-state index in [0.29, 0.717) is 17.5 Å². The summed E-state index contributed by atoms with van der Waals surface area (Å²) < 4.78 is 26.9. The smallest absolute Gasteiger partial charge is 0.244 e. The van der Waals surface area contributed by atoms with E-state index < -0.39 is 10.0 Å². The number of thiophene rings is 1. The normalized spacial score (nSPS) is 16.2. The van der Waals surface area contributed by atoms with Gasteiger partial charge in [-0.25, -0.2) is 8.42 Å². The Kier molecular flexibility index (Phi) is 5.23. The predicted octanol–water partition coefficient (Wildman–Crippen LogP) is 2.81. The first kappa shape index (κ1) is 15.9. The second kappa shape index (κ2) is 6.56. The average Bonchev–Trinajstić information content (AvgIpc) is 3.09. The van der Waals surface area contributed by atoms with Crippen LogP contribution in [-0.2, 0) is 16.6 Å². The van der Waals surface area contributed by atoms with Crippen molar-refractivity contribution in [3.05, 3.63) is 16.3 Å². The number of nitrogens with one attached hydrogen (secondary N) is 1. The zero-order chi connectivity index (χ0) is 14.8. The highest BCUT2D eigenvalue weighted by Crippen LogP contribution is 2.25. The maximum Gasteiger partial charge on any atom is 0.244 e. The van der Waals surface area contributed by atoms with Crippen LogP contribution in [-0.4, -0.2) is 31.4 Å². The van der Waals surface area contributed by atoms with Gasteiger partial charge in [0.2, 0.25) is 10.0 Å². The van der Waals surface area contributed by atoms with E-state index >= 15 is 0 Å². The van der Waals surface area contributed by atoms with Gasteiger partial charge in [-0.1, -0.05) is 6.92 Å². The van der Waals surface area contributed by atoms with E-state index in [2.05, 4.69) is 5.32 Å². The van der Waals surface area contributed by atoms with Gasteiger partial charge >= 0.3 is 0 Å². The van der Waals surface area contributed by atoms with Crippen LogP contribution in [0.15, 0.2) is 16.3 Å². The molecular formula is C14H24N2O2S2. The molecule has 1 aromatic rings. The number of sulfonamides is 1. The monoisotopic (exact) mass is 316 g/mol. The molecular weight excluding hydrogens is 292 g/mol. The fourth-order valence-electron chi connectivity index (χ4n) is 2.13. The van der Waals surface area contributed by atoms with E-state index in [9.17, 15) is 8.42 Å². The molecule has 1 saturated carbocycles. The summed E-state index contributed by atoms with van der Waals surface area (Å²) in [6.07, 6.45) is 3.32. The summed E-state index contributed by atoms with van der Waals surface area (Å²) in [6.45, 7) is 7.21. The third kappa shape index (κ3) is 3.81. The van der Waals surface area contributed by atoms with Crippen LogP contribution in [0.2, 0.25) is 0 Å². The maximum atomic E-state index is 12.6. The van der Waals surface area contributed by atoms with Crippen molar-refractivity contribution in [1.82, 2.24) is 9.62 Å². The van der Waals surface area contributed by atoms with E-state index in [4.69, 9.17) is 0 Å². The van der Waals surface area contributed by atoms with Gasteiger partial charge in [-0.3, -0.25) is 0 Å². The zero-order valence-electron chi connectivity index (χ0n) is 12.4. The van der Waals surface area contributed by atoms with Gasteiger partial charge < -0.3 is 5.32 Å². The van der Waals surface area contributed by atoms with Crippen molar-refractivity contribution in [3.8, 4) is 0 Å². The first-order chi connectivity index (χ1) is 9.45. The van der Waals surface area contributed by atoms with Crippen LogP contribution < -0.4 is 5.32 Å². The number of hydrogen-bond donors (Lipinski definition) is 1. The molecule has 0 unspecified atom stereocenters. The Morgan fingerprint density at radius 3 is 2.70 bits per heavy atom. The molecule has 4 nitrogen and oxygen atoms in total. The molecule has 1 aromatic heterocycles. The molecule has 6 heteroatoms. The maximum absolute atomic E-state index is 12.6. The Balaban J connectivity index is 2.10. The second-order valence-corrected chi connectivity index (χ2v) is 8.50. The van der Waals surface area contributed by atoms with Crippen molar-refractivity contribution in [2.24, 2.45) is 0 Å². The quantitative estimate of drug-likeness (QED) is 0.802. The van der Waals surface area contributed by atoms with Crippen LogP contribution in [0.5, 0.6) is 0 Å². The first-order valence-electron chi connectivity index (χ1n) is 7.27. The molecule has 0 saturated heterocycles. The third-order valence-corrected chi connectivity index (χ3v) is 6.54. The van der Waals surface area contributed by atoms with Gasteiger partial charge in [-0.2, -0.15) is 4.31 Å². The largest absolute Gasteiger partial charge is 0.309 e. The van der Waals surface area contributed by atoms with E-state index in [-0.39, 0.29) is 6.04 Å². The summed E-state index contributed by atoms with van der Waals surface area (Å²) in [6, 6.07) is 2.46. The minimum absolute atomic E-state index is 0.00658. The predicted molar refractivity (Wildman–Crippen MR) is 83.5 cm³/mol. The minimum atomic E-state index is -3.35. The van der Waals surface area contributed by atoms with Crippen molar-refractivity contribution >= 4 is 21.4 Å². The molecule has 0 aromatic carbocycles. The molecule has 1 aliphatic carbocycles. The van der Waals surface area contributed by atoms with Crippen LogP contribution in [0.4, 0.5) is 0 Å². The van der Waals surface area contributed by atoms with Gasteiger partial charge in [0, 0.05) is 35.4 Å². The summed E-state index contributed by atoms with van der Waals surface area (Å²) >= 11 is 1.53. The molecule has 2 rings (SSSR count). The standard InChI is InChI=1S/C14H24N2O2S2/c1-4-7-16(11(2)3)20(17,18)14-8-13(19-10-14)9-15-12-5-6-12/h8,10-12,15H,4-7,9H2,1-3H3. The topological polar surface area (TPSA) is 49.4 Å². The molecule has 0 aliphatic heterocycles. The van der Waals surface area contributed by atoms with Gasteiger partial charge in [0.05, 0.1) is 4.90 Å². The highest BCUT2D eigenvalue weighted by Gasteiger charge is 2.27. The molecule has 1 aliphatic rings. The van der Waals surface area contributed by atoms with Crippen LogP contribution in [0.25, 0.3) is 0 Å². The third-order valence-electron chi connectivity index (χ3n) is 3.40. The second-order valence-electron chi connectivity index (χ2n) is 5.61. The summed E-state index contributed by atoms with van der Waals surface area (Å²) in [4.78, 5) is 1.54.